The summed E-state index contributed by atoms with van der Waals surface area (Å²) in [4.78, 5) is 22.6. The molecular weight excluding hydrogens is 380 g/mol. The Labute approximate surface area is 175 Å². The second-order valence-electron chi connectivity index (χ2n) is 7.48. The topological polar surface area (TPSA) is 96.2 Å². The maximum absolute atomic E-state index is 11.7. The molecule has 30 heavy (non-hydrogen) atoms. The minimum Gasteiger partial charge on any atom is -0.380 e. The third-order valence-electron chi connectivity index (χ3n) is 5.48. The van der Waals surface area contributed by atoms with Crippen molar-refractivity contribution in [3.05, 3.63) is 64.5 Å². The first-order chi connectivity index (χ1) is 14.7. The summed E-state index contributed by atoms with van der Waals surface area (Å²) in [6.07, 6.45) is 3.68. The lowest BCUT2D eigenvalue weighted by atomic mass is 10.0. The Bertz CT molecular complexity index is 1020. The van der Waals surface area contributed by atoms with Crippen LogP contribution in [0.5, 0.6) is 0 Å². The average molecular weight is 406 g/mol. The number of hydrogen-bond acceptors (Lipinski definition) is 7. The van der Waals surface area contributed by atoms with Crippen molar-refractivity contribution >= 4 is 28.1 Å². The normalized spacial score (nSPS) is 16.4. The lowest BCUT2D eigenvalue weighted by Gasteiger charge is -2.36. The van der Waals surface area contributed by atoms with Gasteiger partial charge in [0.15, 0.2) is 0 Å². The SMILES string of the molecule is CCNc1cc2ncnc(N(Cc3ccccc3)C3CCCNC3)c2cc1[N+](=O)[O-]. The van der Waals surface area contributed by atoms with E-state index >= 15 is 0 Å². The van der Waals surface area contributed by atoms with E-state index in [1.807, 2.05) is 25.1 Å². The zero-order valence-corrected chi connectivity index (χ0v) is 17.0. The first-order valence-electron chi connectivity index (χ1n) is 10.4. The number of nitrogens with one attached hydrogen (secondary N) is 2. The predicted octanol–water partition coefficient (Wildman–Crippen LogP) is 3.73. The quantitative estimate of drug-likeness (QED) is 0.456. The summed E-state index contributed by atoms with van der Waals surface area (Å²) in [6, 6.07) is 13.9. The number of hydrogen-bond donors (Lipinski definition) is 2. The second-order valence-corrected chi connectivity index (χ2v) is 7.48. The molecule has 8 heteroatoms. The van der Waals surface area contributed by atoms with Gasteiger partial charge in [-0.2, -0.15) is 0 Å². The van der Waals surface area contributed by atoms with Crippen LogP contribution in [-0.2, 0) is 6.54 Å². The Morgan fingerprint density at radius 1 is 1.27 bits per heavy atom. The van der Waals surface area contributed by atoms with E-state index in [0.717, 1.165) is 31.7 Å². The number of anilines is 2. The van der Waals surface area contributed by atoms with Gasteiger partial charge in [0.2, 0.25) is 0 Å². The van der Waals surface area contributed by atoms with Crippen molar-refractivity contribution in [2.45, 2.75) is 32.4 Å². The third kappa shape index (κ3) is 4.18. The number of aromatic nitrogens is 2. The molecular formula is C22H26N6O2. The van der Waals surface area contributed by atoms with Gasteiger partial charge in [-0.3, -0.25) is 10.1 Å². The Hall–Kier alpha value is -3.26. The van der Waals surface area contributed by atoms with Gasteiger partial charge in [-0.15, -0.1) is 0 Å². The molecule has 2 N–H and O–H groups in total. The Morgan fingerprint density at radius 2 is 2.10 bits per heavy atom. The molecule has 2 heterocycles. The molecule has 8 nitrogen and oxygen atoms in total. The van der Waals surface area contributed by atoms with Crippen LogP contribution in [0.15, 0.2) is 48.8 Å². The summed E-state index contributed by atoms with van der Waals surface area (Å²) in [7, 11) is 0. The molecule has 4 rings (SSSR count). The number of rotatable bonds is 7. The molecule has 1 unspecified atom stereocenters. The highest BCUT2D eigenvalue weighted by Crippen LogP contribution is 2.35. The zero-order chi connectivity index (χ0) is 20.9. The van der Waals surface area contributed by atoms with E-state index in [4.69, 9.17) is 0 Å². The molecule has 1 aromatic heterocycles. The molecule has 156 valence electrons. The van der Waals surface area contributed by atoms with Crippen molar-refractivity contribution < 1.29 is 4.92 Å². The van der Waals surface area contributed by atoms with Gasteiger partial charge in [0.05, 0.1) is 10.4 Å². The third-order valence-corrected chi connectivity index (χ3v) is 5.48. The minimum absolute atomic E-state index is 0.0434. The fraction of sp³-hybridized carbons (Fsp3) is 0.364. The van der Waals surface area contributed by atoms with Gasteiger partial charge in [-0.25, -0.2) is 9.97 Å². The monoisotopic (exact) mass is 406 g/mol. The lowest BCUT2D eigenvalue weighted by Crippen LogP contribution is -2.46. The number of benzene rings is 2. The van der Waals surface area contributed by atoms with E-state index in [1.54, 1.807) is 18.5 Å². The highest BCUT2D eigenvalue weighted by Gasteiger charge is 2.26. The first kappa shape index (κ1) is 20.0. The molecule has 3 aromatic rings. The van der Waals surface area contributed by atoms with Gasteiger partial charge < -0.3 is 15.5 Å². The van der Waals surface area contributed by atoms with Gasteiger partial charge in [0, 0.05) is 37.1 Å². The standard InChI is InChI=1S/C22H26N6O2/c1-2-24-20-12-19-18(11-21(20)28(29)30)22(26-15-25-19)27(17-9-6-10-23-13-17)14-16-7-4-3-5-8-16/h3-5,7-8,11-12,15,17,23-24H,2,6,9-10,13-14H2,1H3. The smallest absolute Gasteiger partial charge is 0.293 e. The van der Waals surface area contributed by atoms with Crippen LogP contribution < -0.4 is 15.5 Å². The second kappa shape index (κ2) is 9.04. The van der Waals surface area contributed by atoms with E-state index in [1.165, 1.54) is 5.56 Å². The van der Waals surface area contributed by atoms with Crippen molar-refractivity contribution in [1.29, 1.82) is 0 Å². The summed E-state index contributed by atoms with van der Waals surface area (Å²) in [6.45, 7) is 5.06. The predicted molar refractivity (Wildman–Crippen MR) is 119 cm³/mol. The molecule has 0 radical (unpaired) electrons. The molecule has 1 atom stereocenters. The van der Waals surface area contributed by atoms with Crippen LogP contribution in [-0.4, -0.2) is 40.6 Å². The van der Waals surface area contributed by atoms with Crippen LogP contribution >= 0.6 is 0 Å². The van der Waals surface area contributed by atoms with E-state index in [-0.39, 0.29) is 16.7 Å². The number of piperidine rings is 1. The van der Waals surface area contributed by atoms with Crippen molar-refractivity contribution in [3.8, 4) is 0 Å². The number of nitrogens with zero attached hydrogens (tertiary/aromatic N) is 4. The van der Waals surface area contributed by atoms with Gasteiger partial charge >= 0.3 is 0 Å². The summed E-state index contributed by atoms with van der Waals surface area (Å²) in [5.41, 5.74) is 2.40. The number of fused-ring (bicyclic) bond motifs is 1. The molecule has 1 saturated heterocycles. The molecule has 0 saturated carbocycles. The van der Waals surface area contributed by atoms with Crippen LogP contribution in [0.2, 0.25) is 0 Å². The fourth-order valence-corrected chi connectivity index (χ4v) is 4.05. The van der Waals surface area contributed by atoms with Crippen LogP contribution in [0.1, 0.15) is 25.3 Å². The maximum atomic E-state index is 11.7. The first-order valence-corrected chi connectivity index (χ1v) is 10.4. The largest absolute Gasteiger partial charge is 0.380 e. The summed E-state index contributed by atoms with van der Waals surface area (Å²) in [5.74, 6) is 0.740. The molecule has 1 aliphatic rings. The Balaban J connectivity index is 1.83. The van der Waals surface area contributed by atoms with E-state index in [9.17, 15) is 10.1 Å². The molecule has 0 amide bonds. The minimum atomic E-state index is -0.349. The molecule has 0 bridgehead atoms. The maximum Gasteiger partial charge on any atom is 0.293 e. The van der Waals surface area contributed by atoms with Gasteiger partial charge in [-0.1, -0.05) is 30.3 Å². The number of nitro benzene ring substituents is 1. The van der Waals surface area contributed by atoms with Gasteiger partial charge in [0.1, 0.15) is 17.8 Å². The average Bonchev–Trinajstić information content (AvgIpc) is 2.78. The highest BCUT2D eigenvalue weighted by atomic mass is 16.6. The van der Waals surface area contributed by atoms with E-state index in [0.29, 0.717) is 29.7 Å². The molecule has 2 aromatic carbocycles. The number of nitro groups is 1. The van der Waals surface area contributed by atoms with Crippen LogP contribution in [0, 0.1) is 10.1 Å². The fourth-order valence-electron chi connectivity index (χ4n) is 4.05. The van der Waals surface area contributed by atoms with E-state index < -0.39 is 0 Å². The van der Waals surface area contributed by atoms with Crippen molar-refractivity contribution in [1.82, 2.24) is 15.3 Å². The van der Waals surface area contributed by atoms with Crippen LogP contribution in [0.25, 0.3) is 10.9 Å². The Morgan fingerprint density at radius 3 is 2.80 bits per heavy atom. The molecule has 0 spiro atoms. The molecule has 0 aliphatic carbocycles. The van der Waals surface area contributed by atoms with Crippen LogP contribution in [0.3, 0.4) is 0 Å². The van der Waals surface area contributed by atoms with E-state index in [2.05, 4.69) is 37.6 Å². The summed E-state index contributed by atoms with van der Waals surface area (Å²) in [5, 5.41) is 19.0. The van der Waals surface area contributed by atoms with Crippen molar-refractivity contribution in [2.24, 2.45) is 0 Å². The molecule has 1 fully saturated rings. The molecule has 1 aliphatic heterocycles. The summed E-state index contributed by atoms with van der Waals surface area (Å²) >= 11 is 0. The van der Waals surface area contributed by atoms with Gasteiger partial charge in [0.25, 0.3) is 5.69 Å². The van der Waals surface area contributed by atoms with Crippen molar-refractivity contribution in [2.75, 3.05) is 29.9 Å². The lowest BCUT2D eigenvalue weighted by molar-refractivity contribution is -0.383. The highest BCUT2D eigenvalue weighted by molar-refractivity contribution is 5.95. The van der Waals surface area contributed by atoms with Crippen LogP contribution in [0.4, 0.5) is 17.2 Å². The summed E-state index contributed by atoms with van der Waals surface area (Å²) < 4.78 is 0. The zero-order valence-electron chi connectivity index (χ0n) is 17.0. The van der Waals surface area contributed by atoms with Crippen molar-refractivity contribution in [3.63, 3.8) is 0 Å². The van der Waals surface area contributed by atoms with Gasteiger partial charge in [-0.05, 0) is 37.9 Å². The Kier molecular flexibility index (Phi) is 6.04.